The number of nitrogens with two attached hydrogens (primary N) is 1. The first-order valence-corrected chi connectivity index (χ1v) is 6.46. The van der Waals surface area contributed by atoms with Crippen molar-refractivity contribution in [1.29, 1.82) is 0 Å². The number of thiophene rings is 1. The van der Waals surface area contributed by atoms with Gasteiger partial charge in [-0.15, -0.1) is 11.3 Å². The van der Waals surface area contributed by atoms with E-state index in [-0.39, 0.29) is 5.91 Å². The summed E-state index contributed by atoms with van der Waals surface area (Å²) < 4.78 is 0. The highest BCUT2D eigenvalue weighted by Crippen LogP contribution is 2.32. The summed E-state index contributed by atoms with van der Waals surface area (Å²) in [7, 11) is 0. The van der Waals surface area contributed by atoms with Crippen LogP contribution in [0.15, 0.2) is 6.07 Å². The summed E-state index contributed by atoms with van der Waals surface area (Å²) in [6, 6.07) is 2.42. The Bertz CT molecular complexity index is 385. The van der Waals surface area contributed by atoms with E-state index in [4.69, 9.17) is 5.73 Å². The zero-order valence-electron chi connectivity index (χ0n) is 9.38. The lowest BCUT2D eigenvalue weighted by Crippen LogP contribution is -2.26. The van der Waals surface area contributed by atoms with Gasteiger partial charge in [-0.1, -0.05) is 0 Å². The summed E-state index contributed by atoms with van der Waals surface area (Å²) in [5.41, 5.74) is 6.38. The zero-order valence-corrected chi connectivity index (χ0v) is 10.2. The van der Waals surface area contributed by atoms with Crippen LogP contribution in [-0.2, 0) is 0 Å². The third-order valence-electron chi connectivity index (χ3n) is 2.76. The smallest absolute Gasteiger partial charge is 0.263 e. The van der Waals surface area contributed by atoms with E-state index in [1.54, 1.807) is 0 Å². The largest absolute Gasteiger partial charge is 0.397 e. The van der Waals surface area contributed by atoms with Gasteiger partial charge in [-0.2, -0.15) is 0 Å². The molecule has 1 aliphatic rings. The maximum absolute atomic E-state index is 11.6. The second-order valence-electron chi connectivity index (χ2n) is 4.03. The molecule has 0 spiro atoms. The minimum atomic E-state index is -0.0772. The molecule has 4 nitrogen and oxygen atoms in total. The van der Waals surface area contributed by atoms with Crippen molar-refractivity contribution in [3.63, 3.8) is 0 Å². The van der Waals surface area contributed by atoms with Gasteiger partial charge in [0.05, 0.1) is 10.7 Å². The SMILES string of the molecule is CCNC(=O)c1sc(NC2CCC2)cc1N. The number of hydrogen-bond donors (Lipinski definition) is 3. The maximum Gasteiger partial charge on any atom is 0.263 e. The summed E-state index contributed by atoms with van der Waals surface area (Å²) in [6.07, 6.45) is 3.73. The Morgan fingerprint density at radius 2 is 2.38 bits per heavy atom. The molecule has 0 saturated heterocycles. The molecule has 16 heavy (non-hydrogen) atoms. The Kier molecular flexibility index (Phi) is 3.33. The van der Waals surface area contributed by atoms with Crippen molar-refractivity contribution >= 4 is 27.9 Å². The standard InChI is InChI=1S/C11H17N3OS/c1-2-13-11(15)10-8(12)6-9(16-10)14-7-4-3-5-7/h6-7,14H,2-5,12H2,1H3,(H,13,15). The van der Waals surface area contributed by atoms with Crippen LogP contribution in [0, 0.1) is 0 Å². The van der Waals surface area contributed by atoms with Crippen LogP contribution in [0.25, 0.3) is 0 Å². The lowest BCUT2D eigenvalue weighted by atomic mass is 9.93. The Hall–Kier alpha value is -1.23. The van der Waals surface area contributed by atoms with E-state index in [0.717, 1.165) is 5.00 Å². The molecule has 4 N–H and O–H groups in total. The minimum Gasteiger partial charge on any atom is -0.397 e. The van der Waals surface area contributed by atoms with Crippen LogP contribution in [-0.4, -0.2) is 18.5 Å². The van der Waals surface area contributed by atoms with Gasteiger partial charge in [0.1, 0.15) is 4.88 Å². The van der Waals surface area contributed by atoms with E-state index in [1.807, 2.05) is 13.0 Å². The summed E-state index contributed by atoms with van der Waals surface area (Å²) in [5, 5.41) is 7.16. The van der Waals surface area contributed by atoms with Crippen molar-refractivity contribution in [2.45, 2.75) is 32.2 Å². The molecule has 0 radical (unpaired) electrons. The van der Waals surface area contributed by atoms with Crippen molar-refractivity contribution in [2.75, 3.05) is 17.6 Å². The third kappa shape index (κ3) is 2.29. The summed E-state index contributed by atoms with van der Waals surface area (Å²) >= 11 is 1.44. The zero-order chi connectivity index (χ0) is 11.5. The molecular weight excluding hydrogens is 222 g/mol. The lowest BCUT2D eigenvalue weighted by molar-refractivity contribution is 0.0960. The van der Waals surface area contributed by atoms with Crippen LogP contribution < -0.4 is 16.4 Å². The highest BCUT2D eigenvalue weighted by molar-refractivity contribution is 7.18. The predicted octanol–water partition coefficient (Wildman–Crippen LogP) is 2.04. The van der Waals surface area contributed by atoms with Gasteiger partial charge in [-0.3, -0.25) is 4.79 Å². The first-order chi connectivity index (χ1) is 7.70. The summed E-state index contributed by atoms with van der Waals surface area (Å²) in [6.45, 7) is 2.52. The number of anilines is 2. The minimum absolute atomic E-state index is 0.0772. The van der Waals surface area contributed by atoms with Gasteiger partial charge in [0.15, 0.2) is 0 Å². The summed E-state index contributed by atoms with van der Waals surface area (Å²) in [5.74, 6) is -0.0772. The van der Waals surface area contributed by atoms with Crippen LogP contribution in [0.3, 0.4) is 0 Å². The molecule has 0 aromatic carbocycles. The van der Waals surface area contributed by atoms with Crippen LogP contribution in [0.5, 0.6) is 0 Å². The number of nitrogen functional groups attached to an aromatic ring is 1. The Morgan fingerprint density at radius 3 is 2.94 bits per heavy atom. The molecule has 0 atom stereocenters. The average Bonchev–Trinajstić information content (AvgIpc) is 2.54. The molecule has 2 rings (SSSR count). The first kappa shape index (κ1) is 11.3. The lowest BCUT2D eigenvalue weighted by Gasteiger charge is -2.26. The molecule has 1 fully saturated rings. The van der Waals surface area contributed by atoms with Crippen molar-refractivity contribution in [3.05, 3.63) is 10.9 Å². The fourth-order valence-electron chi connectivity index (χ4n) is 1.65. The topological polar surface area (TPSA) is 67.2 Å². The molecule has 1 aliphatic carbocycles. The van der Waals surface area contributed by atoms with Gasteiger partial charge < -0.3 is 16.4 Å². The van der Waals surface area contributed by atoms with E-state index in [1.165, 1.54) is 30.6 Å². The Balaban J connectivity index is 2.05. The van der Waals surface area contributed by atoms with Crippen molar-refractivity contribution < 1.29 is 4.79 Å². The van der Waals surface area contributed by atoms with Gasteiger partial charge in [0, 0.05) is 12.6 Å². The molecule has 0 bridgehead atoms. The van der Waals surface area contributed by atoms with Crippen LogP contribution in [0.4, 0.5) is 10.7 Å². The normalized spacial score (nSPS) is 15.6. The summed E-state index contributed by atoms with van der Waals surface area (Å²) in [4.78, 5) is 12.3. The quantitative estimate of drug-likeness (QED) is 0.753. The molecule has 1 heterocycles. The highest BCUT2D eigenvalue weighted by Gasteiger charge is 2.19. The second-order valence-corrected chi connectivity index (χ2v) is 5.08. The van der Waals surface area contributed by atoms with E-state index in [9.17, 15) is 4.79 Å². The fraction of sp³-hybridized carbons (Fsp3) is 0.545. The monoisotopic (exact) mass is 239 g/mol. The number of rotatable bonds is 4. The van der Waals surface area contributed by atoms with Crippen molar-refractivity contribution in [1.82, 2.24) is 5.32 Å². The molecule has 88 valence electrons. The Labute approximate surface area is 99.2 Å². The number of carbonyl (C=O) groups excluding carboxylic acids is 1. The van der Waals surface area contributed by atoms with Crippen LogP contribution in [0.1, 0.15) is 35.9 Å². The average molecular weight is 239 g/mol. The number of hydrogen-bond acceptors (Lipinski definition) is 4. The maximum atomic E-state index is 11.6. The molecule has 0 aliphatic heterocycles. The molecule has 1 saturated carbocycles. The molecule has 1 aromatic heterocycles. The molecule has 1 amide bonds. The van der Waals surface area contributed by atoms with Crippen molar-refractivity contribution in [2.24, 2.45) is 0 Å². The van der Waals surface area contributed by atoms with Crippen molar-refractivity contribution in [3.8, 4) is 0 Å². The molecule has 0 unspecified atom stereocenters. The molecular formula is C11H17N3OS. The second kappa shape index (κ2) is 4.74. The molecule has 5 heteroatoms. The predicted molar refractivity (Wildman–Crippen MR) is 68.0 cm³/mol. The third-order valence-corrected chi connectivity index (χ3v) is 3.84. The molecule has 1 aromatic rings. The number of carbonyl (C=O) groups is 1. The number of nitrogens with one attached hydrogen (secondary N) is 2. The van der Waals surface area contributed by atoms with Gasteiger partial charge in [-0.25, -0.2) is 0 Å². The van der Waals surface area contributed by atoms with Gasteiger partial charge in [0.25, 0.3) is 5.91 Å². The van der Waals surface area contributed by atoms with E-state index in [0.29, 0.717) is 23.2 Å². The van der Waals surface area contributed by atoms with Crippen LogP contribution in [0.2, 0.25) is 0 Å². The van der Waals surface area contributed by atoms with Gasteiger partial charge in [-0.05, 0) is 32.3 Å². The number of amides is 1. The van der Waals surface area contributed by atoms with E-state index >= 15 is 0 Å². The Morgan fingerprint density at radius 1 is 1.62 bits per heavy atom. The van der Waals surface area contributed by atoms with Gasteiger partial charge >= 0.3 is 0 Å². The van der Waals surface area contributed by atoms with Gasteiger partial charge in [0.2, 0.25) is 0 Å². The van der Waals surface area contributed by atoms with E-state index in [2.05, 4.69) is 10.6 Å². The van der Waals surface area contributed by atoms with Crippen LogP contribution >= 0.6 is 11.3 Å². The fourth-order valence-corrected chi connectivity index (χ4v) is 2.62. The first-order valence-electron chi connectivity index (χ1n) is 5.64. The van der Waals surface area contributed by atoms with E-state index < -0.39 is 0 Å². The highest BCUT2D eigenvalue weighted by atomic mass is 32.1.